The van der Waals surface area contributed by atoms with E-state index in [9.17, 15) is 0 Å². The molecule has 0 atom stereocenters. The molecular weight excluding hydrogens is 312 g/mol. The molecule has 1 heteroatoms. The van der Waals surface area contributed by atoms with Crippen LogP contribution in [0.4, 0.5) is 0 Å². The van der Waals surface area contributed by atoms with Crippen molar-refractivity contribution in [3.8, 4) is 0 Å². The van der Waals surface area contributed by atoms with Crippen LogP contribution in [0.1, 0.15) is 81.3 Å². The molecule has 2 fully saturated rings. The van der Waals surface area contributed by atoms with Crippen molar-refractivity contribution in [3.05, 3.63) is 47.0 Å². The number of aryl methyl sites for hydroxylation is 1. The van der Waals surface area contributed by atoms with E-state index < -0.39 is 0 Å². The summed E-state index contributed by atoms with van der Waals surface area (Å²) in [5.41, 5.74) is 4.64. The van der Waals surface area contributed by atoms with E-state index in [1.807, 2.05) is 0 Å². The Balaban J connectivity index is 1.42. The molecule has 0 saturated heterocycles. The fraction of sp³-hybridized carbons (Fsp3) is 0.652. The number of allylic oxidation sites excluding steroid dienone is 1. The Hall–Kier alpha value is -0.750. The van der Waals surface area contributed by atoms with E-state index in [-0.39, 0.29) is 0 Å². The van der Waals surface area contributed by atoms with Crippen LogP contribution in [-0.2, 0) is 0 Å². The Morgan fingerprint density at radius 3 is 2.04 bits per heavy atom. The topological polar surface area (TPSA) is 0 Å². The number of hydrogen-bond acceptors (Lipinski definition) is 0. The molecule has 0 N–H and O–H groups in total. The van der Waals surface area contributed by atoms with E-state index in [1.165, 1.54) is 69.8 Å². The highest BCUT2D eigenvalue weighted by atomic mass is 35.5. The average Bonchev–Trinajstić information content (AvgIpc) is 2.63. The number of benzene rings is 1. The van der Waals surface area contributed by atoms with E-state index in [1.54, 1.807) is 11.1 Å². The minimum atomic E-state index is 0.820. The van der Waals surface area contributed by atoms with E-state index >= 15 is 0 Å². The highest BCUT2D eigenvalue weighted by molar-refractivity contribution is 6.25. The summed E-state index contributed by atoms with van der Waals surface area (Å²) in [5.74, 6) is 3.80. The molecule has 2 aliphatic carbocycles. The fourth-order valence-corrected chi connectivity index (χ4v) is 5.23. The quantitative estimate of drug-likeness (QED) is 0.515. The lowest BCUT2D eigenvalue weighted by Crippen LogP contribution is -2.25. The molecule has 0 heterocycles. The van der Waals surface area contributed by atoms with Crippen molar-refractivity contribution in [1.29, 1.82) is 0 Å². The minimum absolute atomic E-state index is 0.820. The van der Waals surface area contributed by atoms with Crippen molar-refractivity contribution >= 4 is 11.6 Å². The Labute approximate surface area is 153 Å². The van der Waals surface area contributed by atoms with Gasteiger partial charge in [-0.1, -0.05) is 60.3 Å². The molecule has 0 aliphatic heterocycles. The van der Waals surface area contributed by atoms with Gasteiger partial charge in [-0.15, -0.1) is 0 Å². The van der Waals surface area contributed by atoms with Crippen LogP contribution in [-0.4, -0.2) is 0 Å². The second kappa shape index (κ2) is 9.09. The summed E-state index contributed by atoms with van der Waals surface area (Å²) in [5, 5.41) is 0. The Bertz CT molecular complexity index is 499. The van der Waals surface area contributed by atoms with Gasteiger partial charge >= 0.3 is 0 Å². The summed E-state index contributed by atoms with van der Waals surface area (Å²) >= 11 is 5.63. The molecule has 132 valence electrons. The van der Waals surface area contributed by atoms with Crippen LogP contribution in [0.25, 0.3) is 0 Å². The molecule has 0 aromatic heterocycles. The number of halogens is 1. The van der Waals surface area contributed by atoms with Crippen LogP contribution in [0.3, 0.4) is 0 Å². The van der Waals surface area contributed by atoms with Crippen molar-refractivity contribution in [2.45, 2.75) is 77.0 Å². The van der Waals surface area contributed by atoms with Crippen molar-refractivity contribution in [1.82, 2.24) is 0 Å². The summed E-state index contributed by atoms with van der Waals surface area (Å²) in [6, 6.07) is 9.28. The molecule has 24 heavy (non-hydrogen) atoms. The molecule has 0 unspecified atom stereocenters. The maximum absolute atomic E-state index is 5.63. The second-order valence-corrected chi connectivity index (χ2v) is 8.49. The van der Waals surface area contributed by atoms with Crippen LogP contribution in [0.15, 0.2) is 35.9 Å². The Morgan fingerprint density at radius 2 is 1.46 bits per heavy atom. The van der Waals surface area contributed by atoms with Crippen molar-refractivity contribution in [2.75, 3.05) is 0 Å². The first kappa shape index (κ1) is 18.1. The fourth-order valence-electron chi connectivity index (χ4n) is 5.11. The van der Waals surface area contributed by atoms with Gasteiger partial charge in [-0.2, -0.15) is 0 Å². The molecule has 2 aliphatic rings. The van der Waals surface area contributed by atoms with Gasteiger partial charge in [0.25, 0.3) is 0 Å². The zero-order chi connectivity index (χ0) is 16.8. The van der Waals surface area contributed by atoms with Crippen LogP contribution in [0.5, 0.6) is 0 Å². The van der Waals surface area contributed by atoms with Gasteiger partial charge in [-0.3, -0.25) is 0 Å². The highest BCUT2D eigenvalue weighted by Crippen LogP contribution is 2.44. The smallest absolute Gasteiger partial charge is 0.000245 e. The molecule has 0 amide bonds. The lowest BCUT2D eigenvalue weighted by Gasteiger charge is -2.38. The van der Waals surface area contributed by atoms with E-state index in [0.717, 1.165) is 23.7 Å². The van der Waals surface area contributed by atoms with E-state index in [2.05, 4.69) is 37.3 Å². The van der Waals surface area contributed by atoms with Crippen LogP contribution >= 0.6 is 11.6 Å². The molecule has 0 radical (unpaired) electrons. The first-order valence-corrected chi connectivity index (χ1v) is 10.5. The van der Waals surface area contributed by atoms with Gasteiger partial charge in [0, 0.05) is 5.54 Å². The van der Waals surface area contributed by atoms with Crippen molar-refractivity contribution in [3.63, 3.8) is 0 Å². The monoisotopic (exact) mass is 344 g/mol. The molecule has 0 nitrogen and oxygen atoms in total. The average molecular weight is 345 g/mol. The zero-order valence-electron chi connectivity index (χ0n) is 15.2. The summed E-state index contributed by atoms with van der Waals surface area (Å²) in [7, 11) is 0. The maximum Gasteiger partial charge on any atom is 0.000245 e. The Morgan fingerprint density at radius 1 is 0.875 bits per heavy atom. The van der Waals surface area contributed by atoms with Gasteiger partial charge in [0.05, 0.1) is 0 Å². The summed E-state index contributed by atoms with van der Waals surface area (Å²) in [6.45, 7) is 2.18. The van der Waals surface area contributed by atoms with Gasteiger partial charge in [-0.05, 0) is 87.5 Å². The van der Waals surface area contributed by atoms with Crippen molar-refractivity contribution < 1.29 is 0 Å². The largest absolute Gasteiger partial charge is 0.0933 e. The lowest BCUT2D eigenvalue weighted by molar-refractivity contribution is 0.157. The van der Waals surface area contributed by atoms with Crippen LogP contribution in [0, 0.1) is 24.7 Å². The van der Waals surface area contributed by atoms with Crippen LogP contribution in [0.2, 0.25) is 0 Å². The molecule has 3 rings (SSSR count). The van der Waals surface area contributed by atoms with Gasteiger partial charge in [-0.25, -0.2) is 0 Å². The van der Waals surface area contributed by atoms with E-state index in [4.69, 9.17) is 11.6 Å². The highest BCUT2D eigenvalue weighted by Gasteiger charge is 2.31. The van der Waals surface area contributed by atoms with Crippen molar-refractivity contribution in [2.24, 2.45) is 17.8 Å². The summed E-state index contributed by atoms with van der Waals surface area (Å²) in [4.78, 5) is 0. The third-order valence-electron chi connectivity index (χ3n) is 6.71. The molecule has 0 spiro atoms. The first-order chi connectivity index (χ1) is 11.8. The molecule has 1 aromatic rings. The first-order valence-electron chi connectivity index (χ1n) is 10.1. The SMILES string of the molecule is Cc1ccc(C2CCC([C@H]3CC[C@H](CC/C=C/Cl)CC3)CC2)cc1. The van der Waals surface area contributed by atoms with Gasteiger partial charge in [0.1, 0.15) is 0 Å². The standard InChI is InChI=1S/C23H33Cl/c1-18-5-9-20(10-6-18)22-13-15-23(16-14-22)21-11-7-19(8-12-21)4-2-3-17-24/h3,5-6,9-10,17,19,21-23H,2,4,7-8,11-16H2,1H3/b17-3+/t19-,21-,22?,23?. The summed E-state index contributed by atoms with van der Waals surface area (Å²) in [6.07, 6.45) is 16.2. The van der Waals surface area contributed by atoms with Gasteiger partial charge in [0.15, 0.2) is 0 Å². The number of hydrogen-bond donors (Lipinski definition) is 0. The predicted molar refractivity (Wildman–Crippen MR) is 106 cm³/mol. The second-order valence-electron chi connectivity index (χ2n) is 8.24. The lowest BCUT2D eigenvalue weighted by atomic mass is 9.68. The minimum Gasteiger partial charge on any atom is -0.0933 e. The Kier molecular flexibility index (Phi) is 6.84. The summed E-state index contributed by atoms with van der Waals surface area (Å²) < 4.78 is 0. The molecular formula is C23H33Cl. The predicted octanol–water partition coefficient (Wildman–Crippen LogP) is 7.61. The maximum atomic E-state index is 5.63. The molecule has 2 saturated carbocycles. The number of rotatable bonds is 5. The van der Waals surface area contributed by atoms with Crippen LogP contribution < -0.4 is 0 Å². The molecule has 1 aromatic carbocycles. The van der Waals surface area contributed by atoms with Gasteiger partial charge in [0.2, 0.25) is 0 Å². The zero-order valence-corrected chi connectivity index (χ0v) is 16.0. The normalized spacial score (nSPS) is 31.4. The third kappa shape index (κ3) is 4.88. The van der Waals surface area contributed by atoms with E-state index in [0.29, 0.717) is 0 Å². The third-order valence-corrected chi connectivity index (χ3v) is 6.89. The van der Waals surface area contributed by atoms with Gasteiger partial charge < -0.3 is 0 Å². The molecule has 0 bridgehead atoms.